The van der Waals surface area contributed by atoms with Gasteiger partial charge in [-0.3, -0.25) is 14.6 Å². The van der Waals surface area contributed by atoms with Gasteiger partial charge in [0.1, 0.15) is 5.69 Å². The van der Waals surface area contributed by atoms with E-state index in [-0.39, 0.29) is 18.5 Å². The molecule has 0 bridgehead atoms. The molecule has 0 radical (unpaired) electrons. The highest BCUT2D eigenvalue weighted by Gasteiger charge is 2.09. The molecule has 0 unspecified atom stereocenters. The molecular weight excluding hydrogens is 342 g/mol. The molecule has 1 aromatic carbocycles. The van der Waals surface area contributed by atoms with Crippen LogP contribution >= 0.6 is 0 Å². The Morgan fingerprint density at radius 2 is 2.19 bits per heavy atom. The largest absolute Gasteiger partial charge is 0.492 e. The van der Waals surface area contributed by atoms with Crippen molar-refractivity contribution in [3.05, 3.63) is 50.3 Å². The van der Waals surface area contributed by atoms with Crippen molar-refractivity contribution in [3.63, 3.8) is 0 Å². The molecule has 0 atom stereocenters. The van der Waals surface area contributed by atoms with Gasteiger partial charge >= 0.3 is 5.69 Å². The maximum absolute atomic E-state index is 11.8. The number of carbonyl (C=O) groups excluding carboxylic acids is 1. The quantitative estimate of drug-likeness (QED) is 0.445. The van der Waals surface area contributed by atoms with Crippen molar-refractivity contribution in [1.29, 1.82) is 0 Å². The number of benzene rings is 1. The van der Waals surface area contributed by atoms with Crippen molar-refractivity contribution in [3.8, 4) is 11.5 Å². The van der Waals surface area contributed by atoms with Gasteiger partial charge in [-0.25, -0.2) is 15.3 Å². The van der Waals surface area contributed by atoms with Crippen molar-refractivity contribution in [1.82, 2.24) is 20.6 Å². The summed E-state index contributed by atoms with van der Waals surface area (Å²) in [4.78, 5) is 36.2. The lowest BCUT2D eigenvalue weighted by Crippen LogP contribution is -2.28. The smallest absolute Gasteiger partial charge is 0.342 e. The molecule has 0 spiro atoms. The zero-order valence-electron chi connectivity index (χ0n) is 14.4. The molecular formula is C16H19N5O5. The molecule has 0 aliphatic rings. The van der Waals surface area contributed by atoms with E-state index in [1.165, 1.54) is 13.3 Å². The first-order valence-electron chi connectivity index (χ1n) is 7.84. The molecule has 0 aliphatic carbocycles. The minimum absolute atomic E-state index is 0.0183. The monoisotopic (exact) mass is 361 g/mol. The fourth-order valence-corrected chi connectivity index (χ4v) is 2.13. The second-order valence-electron chi connectivity index (χ2n) is 5.06. The average molecular weight is 361 g/mol. The molecule has 2 aromatic rings. The Morgan fingerprint density at radius 3 is 2.88 bits per heavy atom. The summed E-state index contributed by atoms with van der Waals surface area (Å²) in [6, 6.07) is 5.32. The number of para-hydroxylation sites is 1. The second-order valence-corrected chi connectivity index (χ2v) is 5.06. The zero-order valence-corrected chi connectivity index (χ0v) is 14.4. The van der Waals surface area contributed by atoms with Crippen molar-refractivity contribution in [2.45, 2.75) is 19.8 Å². The molecule has 0 saturated heterocycles. The van der Waals surface area contributed by atoms with Crippen LogP contribution in [-0.2, 0) is 11.2 Å². The maximum Gasteiger partial charge on any atom is 0.342 e. The van der Waals surface area contributed by atoms with Crippen LogP contribution in [0.25, 0.3) is 0 Å². The summed E-state index contributed by atoms with van der Waals surface area (Å²) in [5.41, 5.74) is 1.74. The van der Waals surface area contributed by atoms with Crippen molar-refractivity contribution < 1.29 is 14.3 Å². The normalized spacial score (nSPS) is 10.7. The Hall–Kier alpha value is -3.43. The fraction of sp³-hybridized carbons (Fsp3) is 0.312. The van der Waals surface area contributed by atoms with E-state index in [1.807, 2.05) is 11.9 Å². The molecule has 0 saturated carbocycles. The Morgan fingerprint density at radius 1 is 1.38 bits per heavy atom. The highest BCUT2D eigenvalue weighted by Crippen LogP contribution is 2.29. The third-order valence-electron chi connectivity index (χ3n) is 3.28. The predicted molar refractivity (Wildman–Crippen MR) is 93.7 cm³/mol. The van der Waals surface area contributed by atoms with Crippen LogP contribution in [-0.4, -0.2) is 41.0 Å². The van der Waals surface area contributed by atoms with Gasteiger partial charge in [-0.2, -0.15) is 10.2 Å². The van der Waals surface area contributed by atoms with Crippen LogP contribution in [0.4, 0.5) is 0 Å². The Balaban J connectivity index is 1.95. The first kappa shape index (κ1) is 18.9. The van der Waals surface area contributed by atoms with Crippen LogP contribution < -0.4 is 26.1 Å². The lowest BCUT2D eigenvalue weighted by atomic mass is 10.2. The van der Waals surface area contributed by atoms with Gasteiger partial charge in [0, 0.05) is 18.4 Å². The summed E-state index contributed by atoms with van der Waals surface area (Å²) in [5, 5.41) is 9.58. The highest BCUT2D eigenvalue weighted by molar-refractivity contribution is 5.86. The number of ether oxygens (including phenoxy) is 2. The molecule has 3 N–H and O–H groups in total. The van der Waals surface area contributed by atoms with Crippen LogP contribution in [0.5, 0.6) is 11.5 Å². The van der Waals surface area contributed by atoms with Gasteiger partial charge in [0.15, 0.2) is 11.5 Å². The van der Waals surface area contributed by atoms with E-state index in [0.717, 1.165) is 0 Å². The number of hydrazone groups is 1. The molecule has 26 heavy (non-hydrogen) atoms. The number of aromatic amines is 2. The summed E-state index contributed by atoms with van der Waals surface area (Å²) in [7, 11) is 1.52. The first-order chi connectivity index (χ1) is 12.5. The van der Waals surface area contributed by atoms with Crippen molar-refractivity contribution >= 4 is 12.1 Å². The second kappa shape index (κ2) is 9.16. The van der Waals surface area contributed by atoms with Crippen LogP contribution in [0.3, 0.4) is 0 Å². The lowest BCUT2D eigenvalue weighted by molar-refractivity contribution is -0.121. The Bertz CT molecular complexity index is 902. The summed E-state index contributed by atoms with van der Waals surface area (Å²) in [6.45, 7) is 2.36. The van der Waals surface area contributed by atoms with E-state index in [9.17, 15) is 14.4 Å². The number of hydrogen-bond acceptors (Lipinski definition) is 7. The number of amides is 1. The maximum atomic E-state index is 11.8. The third-order valence-corrected chi connectivity index (χ3v) is 3.28. The number of carbonyl (C=O) groups is 1. The number of H-pyrrole nitrogens is 2. The van der Waals surface area contributed by atoms with Crippen LogP contribution in [0.1, 0.15) is 24.6 Å². The number of aryl methyl sites for hydroxylation is 1. The van der Waals surface area contributed by atoms with Crippen LogP contribution in [0, 0.1) is 0 Å². The van der Waals surface area contributed by atoms with Gasteiger partial charge in [-0.1, -0.05) is 6.07 Å². The van der Waals surface area contributed by atoms with Crippen molar-refractivity contribution in [2.75, 3.05) is 13.7 Å². The molecule has 0 aliphatic heterocycles. The van der Waals surface area contributed by atoms with E-state index in [2.05, 4.69) is 20.7 Å². The van der Waals surface area contributed by atoms with Crippen LogP contribution in [0.15, 0.2) is 32.9 Å². The number of methoxy groups -OCH3 is 1. The zero-order chi connectivity index (χ0) is 18.9. The first-order valence-corrected chi connectivity index (χ1v) is 7.84. The summed E-state index contributed by atoms with van der Waals surface area (Å²) >= 11 is 0. The highest BCUT2D eigenvalue weighted by atomic mass is 16.5. The number of nitrogens with zero attached hydrogens (tertiary/aromatic N) is 2. The molecule has 0 fully saturated rings. The van der Waals surface area contributed by atoms with Crippen LogP contribution in [0.2, 0.25) is 0 Å². The fourth-order valence-electron chi connectivity index (χ4n) is 2.13. The van der Waals surface area contributed by atoms with Gasteiger partial charge < -0.3 is 9.47 Å². The van der Waals surface area contributed by atoms with E-state index < -0.39 is 17.2 Å². The van der Waals surface area contributed by atoms with Gasteiger partial charge in [-0.15, -0.1) is 0 Å². The molecule has 1 aromatic heterocycles. The molecule has 1 amide bonds. The van der Waals surface area contributed by atoms with E-state index in [1.54, 1.807) is 18.2 Å². The Kier molecular flexibility index (Phi) is 6.66. The van der Waals surface area contributed by atoms with Gasteiger partial charge in [0.2, 0.25) is 5.91 Å². The number of rotatable bonds is 8. The standard InChI is InChI=1S/C16H19N5O5/c1-3-26-12-6-4-5-10(14(12)25-2)9-17-20-13(22)8-7-11-15(23)18-16(24)21-19-11/h4-6,9H,3,7-8H2,1-2H3,(H,20,22)(H2,18,21,23,24)/b17-9+. The minimum Gasteiger partial charge on any atom is -0.492 e. The van der Waals surface area contributed by atoms with Gasteiger partial charge in [-0.05, 0) is 19.1 Å². The van der Waals surface area contributed by atoms with Gasteiger partial charge in [0.05, 0.1) is 19.9 Å². The number of hydrogen-bond donors (Lipinski definition) is 3. The summed E-state index contributed by atoms with van der Waals surface area (Å²) in [6.07, 6.45) is 1.48. The van der Waals surface area contributed by atoms with E-state index in [4.69, 9.17) is 9.47 Å². The van der Waals surface area contributed by atoms with Crippen molar-refractivity contribution in [2.24, 2.45) is 5.10 Å². The predicted octanol–water partition coefficient (Wildman–Crippen LogP) is -0.0516. The lowest BCUT2D eigenvalue weighted by Gasteiger charge is -2.11. The number of aromatic nitrogens is 3. The average Bonchev–Trinajstić information content (AvgIpc) is 2.61. The molecule has 10 heteroatoms. The minimum atomic E-state index is -0.698. The third kappa shape index (κ3) is 5.03. The van der Waals surface area contributed by atoms with E-state index >= 15 is 0 Å². The molecule has 138 valence electrons. The van der Waals surface area contributed by atoms with E-state index in [0.29, 0.717) is 23.7 Å². The van der Waals surface area contributed by atoms with Gasteiger partial charge in [0.25, 0.3) is 5.56 Å². The molecule has 10 nitrogen and oxygen atoms in total. The number of nitrogens with one attached hydrogen (secondary N) is 3. The topological polar surface area (TPSA) is 139 Å². The summed E-state index contributed by atoms with van der Waals surface area (Å²) < 4.78 is 10.8. The molecule has 2 rings (SSSR count). The molecule has 1 heterocycles. The SMILES string of the molecule is CCOc1cccc(/C=N/NC(=O)CCc2n[nH]c(=O)[nH]c2=O)c1OC. The Labute approximate surface area is 148 Å². The summed E-state index contributed by atoms with van der Waals surface area (Å²) in [5.74, 6) is 0.679.